The van der Waals surface area contributed by atoms with Gasteiger partial charge in [-0.15, -0.1) is 11.3 Å². The highest BCUT2D eigenvalue weighted by Gasteiger charge is 2.33. The lowest BCUT2D eigenvalue weighted by molar-refractivity contribution is 0.0574. The standard InChI is InChI=1S/C25H24N4O2S/c1-17-22(32-24(28-17)20-11-5-7-13-26-20)25(30)29-14-8-6-12-21(29)23-27-16-19(31-23)15-18-9-3-2-4-10-18/h2-5,7,9-11,13,16,21H,6,8,12,14-15H2,1H3/t21-/m0/s1. The van der Waals surface area contributed by atoms with E-state index in [1.807, 2.05) is 48.2 Å². The third-order valence-corrected chi connectivity index (χ3v) is 6.88. The van der Waals surface area contributed by atoms with E-state index in [2.05, 4.69) is 27.1 Å². The third-order valence-electron chi connectivity index (χ3n) is 5.72. The first kappa shape index (κ1) is 20.6. The average molecular weight is 445 g/mol. The summed E-state index contributed by atoms with van der Waals surface area (Å²) in [6.45, 7) is 2.58. The summed E-state index contributed by atoms with van der Waals surface area (Å²) in [4.78, 5) is 29.7. The minimum atomic E-state index is -0.152. The quantitative estimate of drug-likeness (QED) is 0.409. The molecule has 0 spiro atoms. The second kappa shape index (κ2) is 9.04. The molecule has 1 saturated heterocycles. The summed E-state index contributed by atoms with van der Waals surface area (Å²) in [5.41, 5.74) is 2.70. The van der Waals surface area contributed by atoms with Crippen molar-refractivity contribution in [2.24, 2.45) is 0 Å². The minimum Gasteiger partial charge on any atom is -0.443 e. The van der Waals surface area contributed by atoms with Crippen LogP contribution < -0.4 is 0 Å². The Bertz CT molecular complexity index is 1200. The first-order valence-corrected chi connectivity index (χ1v) is 11.7. The van der Waals surface area contributed by atoms with E-state index in [1.54, 1.807) is 12.4 Å². The van der Waals surface area contributed by atoms with E-state index in [0.717, 1.165) is 41.4 Å². The van der Waals surface area contributed by atoms with Crippen LogP contribution in [-0.2, 0) is 6.42 Å². The fraction of sp³-hybridized carbons (Fsp3) is 0.280. The summed E-state index contributed by atoms with van der Waals surface area (Å²) in [5, 5.41) is 0.765. The fourth-order valence-corrected chi connectivity index (χ4v) is 5.11. The Kier molecular flexibility index (Phi) is 5.81. The monoisotopic (exact) mass is 444 g/mol. The second-order valence-corrected chi connectivity index (χ2v) is 8.98. The molecule has 4 aromatic rings. The van der Waals surface area contributed by atoms with Crippen LogP contribution in [0.15, 0.2) is 65.3 Å². The second-order valence-electron chi connectivity index (χ2n) is 7.99. The summed E-state index contributed by atoms with van der Waals surface area (Å²) in [6.07, 6.45) is 7.09. The number of likely N-dealkylation sites (tertiary alicyclic amines) is 1. The van der Waals surface area contributed by atoms with Crippen LogP contribution in [0.4, 0.5) is 0 Å². The Balaban J connectivity index is 1.38. The number of benzene rings is 1. The molecule has 6 nitrogen and oxygen atoms in total. The first-order valence-electron chi connectivity index (χ1n) is 10.9. The zero-order chi connectivity index (χ0) is 21.9. The SMILES string of the molecule is Cc1nc(-c2ccccn2)sc1C(=O)N1CCCC[C@H]1c1ncc(Cc2ccccc2)o1. The number of hydrogen-bond acceptors (Lipinski definition) is 6. The summed E-state index contributed by atoms with van der Waals surface area (Å²) in [6, 6.07) is 15.7. The van der Waals surface area contributed by atoms with Crippen LogP contribution in [0.2, 0.25) is 0 Å². The Morgan fingerprint density at radius 2 is 1.97 bits per heavy atom. The third kappa shape index (κ3) is 4.21. The van der Waals surface area contributed by atoms with Gasteiger partial charge in [-0.05, 0) is 43.9 Å². The molecule has 162 valence electrons. The number of hydrogen-bond donors (Lipinski definition) is 0. The van der Waals surface area contributed by atoms with Gasteiger partial charge in [-0.1, -0.05) is 36.4 Å². The largest absolute Gasteiger partial charge is 0.443 e. The highest BCUT2D eigenvalue weighted by Crippen LogP contribution is 2.35. The summed E-state index contributed by atoms with van der Waals surface area (Å²) >= 11 is 1.40. The molecule has 0 N–H and O–H groups in total. The maximum absolute atomic E-state index is 13.6. The van der Waals surface area contributed by atoms with E-state index in [4.69, 9.17) is 4.42 Å². The maximum Gasteiger partial charge on any atom is 0.266 e. The highest BCUT2D eigenvalue weighted by atomic mass is 32.1. The Morgan fingerprint density at radius 1 is 1.12 bits per heavy atom. The van der Waals surface area contributed by atoms with E-state index in [0.29, 0.717) is 23.7 Å². The van der Waals surface area contributed by atoms with Gasteiger partial charge in [-0.2, -0.15) is 0 Å². The molecule has 1 aliphatic heterocycles. The molecule has 1 aromatic carbocycles. The van der Waals surface area contributed by atoms with Crippen molar-refractivity contribution in [1.82, 2.24) is 19.9 Å². The van der Waals surface area contributed by atoms with Crippen molar-refractivity contribution in [2.45, 2.75) is 38.6 Å². The molecule has 7 heteroatoms. The predicted molar refractivity (Wildman–Crippen MR) is 123 cm³/mol. The molecule has 0 saturated carbocycles. The van der Waals surface area contributed by atoms with Gasteiger partial charge < -0.3 is 9.32 Å². The van der Waals surface area contributed by atoms with Crippen LogP contribution in [0, 0.1) is 6.92 Å². The van der Waals surface area contributed by atoms with Crippen LogP contribution in [0.1, 0.15) is 57.9 Å². The number of piperidine rings is 1. The summed E-state index contributed by atoms with van der Waals surface area (Å²) in [5.74, 6) is 1.43. The number of nitrogens with zero attached hydrogens (tertiary/aromatic N) is 4. The van der Waals surface area contributed by atoms with Crippen LogP contribution in [0.25, 0.3) is 10.7 Å². The van der Waals surface area contributed by atoms with Crippen molar-refractivity contribution in [1.29, 1.82) is 0 Å². The van der Waals surface area contributed by atoms with Gasteiger partial charge in [0.2, 0.25) is 5.89 Å². The molecule has 0 aliphatic carbocycles. The molecular weight excluding hydrogens is 420 g/mol. The van der Waals surface area contributed by atoms with Gasteiger partial charge in [-0.25, -0.2) is 9.97 Å². The Morgan fingerprint density at radius 3 is 2.78 bits per heavy atom. The number of carbonyl (C=O) groups excluding carboxylic acids is 1. The van der Waals surface area contributed by atoms with Crippen molar-refractivity contribution in [2.75, 3.05) is 6.54 Å². The molecule has 0 bridgehead atoms. The minimum absolute atomic E-state index is 0.00492. The molecular formula is C25H24N4O2S. The van der Waals surface area contributed by atoms with Crippen molar-refractivity contribution in [3.05, 3.63) is 88.7 Å². The van der Waals surface area contributed by atoms with E-state index < -0.39 is 0 Å². The number of rotatable bonds is 5. The van der Waals surface area contributed by atoms with Gasteiger partial charge >= 0.3 is 0 Å². The Labute approximate surface area is 191 Å². The smallest absolute Gasteiger partial charge is 0.266 e. The number of pyridine rings is 1. The average Bonchev–Trinajstić information content (AvgIpc) is 3.46. The van der Waals surface area contributed by atoms with Crippen LogP contribution in [0.5, 0.6) is 0 Å². The number of carbonyl (C=O) groups is 1. The van der Waals surface area contributed by atoms with Gasteiger partial charge in [0, 0.05) is 19.2 Å². The van der Waals surface area contributed by atoms with E-state index >= 15 is 0 Å². The Hall–Kier alpha value is -3.32. The zero-order valence-electron chi connectivity index (χ0n) is 17.9. The van der Waals surface area contributed by atoms with E-state index in [1.165, 1.54) is 16.9 Å². The number of aromatic nitrogens is 3. The molecule has 1 atom stereocenters. The molecule has 1 amide bonds. The molecule has 32 heavy (non-hydrogen) atoms. The van der Waals surface area contributed by atoms with E-state index in [9.17, 15) is 4.79 Å². The topological polar surface area (TPSA) is 72.1 Å². The maximum atomic E-state index is 13.6. The molecule has 0 radical (unpaired) electrons. The summed E-state index contributed by atoms with van der Waals surface area (Å²) in [7, 11) is 0. The van der Waals surface area contributed by atoms with Crippen LogP contribution in [0.3, 0.4) is 0 Å². The van der Waals surface area contributed by atoms with Crippen molar-refractivity contribution >= 4 is 17.2 Å². The van der Waals surface area contributed by atoms with Gasteiger partial charge in [0.25, 0.3) is 5.91 Å². The zero-order valence-corrected chi connectivity index (χ0v) is 18.7. The van der Waals surface area contributed by atoms with Crippen molar-refractivity contribution in [3.8, 4) is 10.7 Å². The lowest BCUT2D eigenvalue weighted by Crippen LogP contribution is -2.38. The van der Waals surface area contributed by atoms with Crippen molar-refractivity contribution in [3.63, 3.8) is 0 Å². The predicted octanol–water partition coefficient (Wildman–Crippen LogP) is 5.46. The van der Waals surface area contributed by atoms with Crippen LogP contribution >= 0.6 is 11.3 Å². The molecule has 4 heterocycles. The van der Waals surface area contributed by atoms with Gasteiger partial charge in [0.15, 0.2) is 0 Å². The number of amides is 1. The molecule has 5 rings (SSSR count). The molecule has 3 aromatic heterocycles. The van der Waals surface area contributed by atoms with Gasteiger partial charge in [0.1, 0.15) is 21.7 Å². The van der Waals surface area contributed by atoms with Crippen LogP contribution in [-0.4, -0.2) is 32.3 Å². The normalized spacial score (nSPS) is 16.3. The van der Waals surface area contributed by atoms with Gasteiger partial charge in [-0.3, -0.25) is 9.78 Å². The lowest BCUT2D eigenvalue weighted by atomic mass is 10.0. The number of aryl methyl sites for hydroxylation is 1. The molecule has 1 aliphatic rings. The highest BCUT2D eigenvalue weighted by molar-refractivity contribution is 7.17. The first-order chi connectivity index (χ1) is 15.7. The number of oxazole rings is 1. The van der Waals surface area contributed by atoms with Crippen molar-refractivity contribution < 1.29 is 9.21 Å². The fourth-order valence-electron chi connectivity index (χ4n) is 4.11. The molecule has 1 fully saturated rings. The van der Waals surface area contributed by atoms with Gasteiger partial charge in [0.05, 0.1) is 17.6 Å². The van der Waals surface area contributed by atoms with E-state index in [-0.39, 0.29) is 11.9 Å². The lowest BCUT2D eigenvalue weighted by Gasteiger charge is -2.33. The molecule has 0 unspecified atom stereocenters. The number of thiazole rings is 1. The summed E-state index contributed by atoms with van der Waals surface area (Å²) < 4.78 is 6.12.